The van der Waals surface area contributed by atoms with Gasteiger partial charge in [-0.1, -0.05) is 30.3 Å². The Labute approximate surface area is 370 Å². The van der Waals surface area contributed by atoms with Gasteiger partial charge in [-0.25, -0.2) is 33.7 Å². The Morgan fingerprint density at radius 2 is 1.27 bits per heavy atom. The van der Waals surface area contributed by atoms with Crippen molar-refractivity contribution >= 4 is 53.4 Å². The molecule has 1 N–H and O–H groups in total. The molecule has 1 aromatic carbocycles. The number of benzene rings is 1. The summed E-state index contributed by atoms with van der Waals surface area (Å²) in [6.07, 6.45) is -13.2. The van der Waals surface area contributed by atoms with Gasteiger partial charge >= 0.3 is 118 Å². The van der Waals surface area contributed by atoms with Crippen LogP contribution in [0.2, 0.25) is 0 Å². The Hall–Kier alpha value is 1.56. The topological polar surface area (TPSA) is 334 Å². The minimum absolute atomic E-state index is 0. The smallest absolute Gasteiger partial charge is 0.726 e. The molecule has 0 aromatic heterocycles. The molecule has 1 heterocycles. The number of amides is 2. The number of carbonyl (C=O) groups is 2. The zero-order valence-electron chi connectivity index (χ0n) is 26.6. The third kappa shape index (κ3) is 23.2. The number of nitrogens with zero attached hydrogens (tertiary/aromatic N) is 1. The van der Waals surface area contributed by atoms with Gasteiger partial charge in [-0.15, -0.1) is 0 Å². The summed E-state index contributed by atoms with van der Waals surface area (Å²) in [5.74, 6) is -1.21. The van der Waals surface area contributed by atoms with E-state index >= 15 is 0 Å². The van der Waals surface area contributed by atoms with Crippen LogP contribution < -0.4 is 124 Å². The van der Waals surface area contributed by atoms with Crippen LogP contribution in [0.1, 0.15) is 12.5 Å². The Morgan fingerprint density at radius 3 is 1.73 bits per heavy atom. The molecule has 2 amide bonds. The SMILES string of the molecule is CC(=O)N(CC(=O)NCCO[C@H]1O[C@H](COS(=O)(=O)[O-])[C@@H](OS(=O)(=O)[O-])[C@H](OS(=O)(=O)[O-])[C@@H]1OS(=O)(=O)[O-])Cc1ccccc1.[Na+].[Na+].[Na+].[Na+]. The number of hydrogen-bond acceptors (Lipinski definition) is 20. The summed E-state index contributed by atoms with van der Waals surface area (Å²) in [6, 6.07) is 8.56. The fraction of sp³-hybridized carbons (Fsp3) is 0.579. The van der Waals surface area contributed by atoms with Crippen LogP contribution in [-0.2, 0) is 83.9 Å². The van der Waals surface area contributed by atoms with Crippen LogP contribution in [0.4, 0.5) is 0 Å². The maximum Gasteiger partial charge on any atom is 1.00 e. The predicted molar refractivity (Wildman–Crippen MR) is 135 cm³/mol. The van der Waals surface area contributed by atoms with Crippen molar-refractivity contribution in [2.75, 3.05) is 26.3 Å². The predicted octanol–water partition coefficient (Wildman–Crippen LogP) is -16.1. The third-order valence-electron chi connectivity index (χ3n) is 5.36. The summed E-state index contributed by atoms with van der Waals surface area (Å²) < 4.78 is 161. The van der Waals surface area contributed by atoms with Crippen LogP contribution >= 0.6 is 0 Å². The van der Waals surface area contributed by atoms with Crippen molar-refractivity contribution in [3.63, 3.8) is 0 Å². The first-order valence-electron chi connectivity index (χ1n) is 11.9. The Bertz CT molecular complexity index is 1620. The number of ether oxygens (including phenoxy) is 2. The first-order chi connectivity index (χ1) is 20.5. The minimum Gasteiger partial charge on any atom is -0.726 e. The quantitative estimate of drug-likeness (QED) is 0.0660. The van der Waals surface area contributed by atoms with Crippen molar-refractivity contribution in [1.29, 1.82) is 0 Å². The molecule has 0 bridgehead atoms. The van der Waals surface area contributed by atoms with Gasteiger partial charge in [-0.2, -0.15) is 0 Å². The molecule has 258 valence electrons. The second-order valence-electron chi connectivity index (χ2n) is 8.72. The van der Waals surface area contributed by atoms with E-state index in [2.05, 4.69) is 22.0 Å². The van der Waals surface area contributed by atoms with Crippen molar-refractivity contribution in [2.45, 2.75) is 44.2 Å². The summed E-state index contributed by atoms with van der Waals surface area (Å²) in [4.78, 5) is 25.5. The van der Waals surface area contributed by atoms with Crippen LogP contribution in [0.25, 0.3) is 0 Å². The normalized spacial score (nSPS) is 21.0. The molecule has 0 saturated carbocycles. The zero-order valence-corrected chi connectivity index (χ0v) is 37.8. The van der Waals surface area contributed by atoms with Gasteiger partial charge in [0, 0.05) is 20.0 Å². The van der Waals surface area contributed by atoms with E-state index in [-0.39, 0.29) is 125 Å². The van der Waals surface area contributed by atoms with Crippen LogP contribution in [0.5, 0.6) is 0 Å². The summed E-state index contributed by atoms with van der Waals surface area (Å²) in [5.41, 5.74) is 0.699. The Kier molecular flexibility index (Phi) is 27.1. The molecule has 1 aliphatic rings. The van der Waals surface area contributed by atoms with Crippen molar-refractivity contribution in [3.05, 3.63) is 35.9 Å². The van der Waals surface area contributed by atoms with Gasteiger partial charge in [0.25, 0.3) is 0 Å². The second-order valence-corrected chi connectivity index (χ2v) is 12.8. The number of carbonyl (C=O) groups excluding carboxylic acids is 2. The molecular formula is C19H24N2Na4O20S4. The zero-order chi connectivity index (χ0) is 34.2. The number of rotatable bonds is 17. The molecular weight excluding hydrogens is 796 g/mol. The van der Waals surface area contributed by atoms with Crippen molar-refractivity contribution in [1.82, 2.24) is 10.2 Å². The van der Waals surface area contributed by atoms with Gasteiger partial charge in [0.05, 0.1) is 19.8 Å². The maximum atomic E-state index is 12.4. The molecule has 0 aliphatic carbocycles. The van der Waals surface area contributed by atoms with E-state index in [4.69, 9.17) is 9.47 Å². The molecule has 30 heteroatoms. The number of hydrogen-bond donors (Lipinski definition) is 1. The van der Waals surface area contributed by atoms with Gasteiger partial charge < -0.3 is 37.9 Å². The average Bonchev–Trinajstić information content (AvgIpc) is 2.86. The molecule has 22 nitrogen and oxygen atoms in total. The van der Waals surface area contributed by atoms with E-state index in [1.54, 1.807) is 30.3 Å². The van der Waals surface area contributed by atoms with Crippen LogP contribution in [0.15, 0.2) is 30.3 Å². The molecule has 2 rings (SSSR count). The van der Waals surface area contributed by atoms with E-state index in [1.165, 1.54) is 11.8 Å². The fourth-order valence-corrected chi connectivity index (χ4v) is 5.48. The fourth-order valence-electron chi connectivity index (χ4n) is 3.71. The third-order valence-corrected chi connectivity index (χ3v) is 7.16. The molecule has 1 fully saturated rings. The van der Waals surface area contributed by atoms with Crippen molar-refractivity contribution in [3.8, 4) is 0 Å². The van der Waals surface area contributed by atoms with Gasteiger partial charge in [0.2, 0.25) is 53.4 Å². The number of nitrogens with one attached hydrogen (secondary N) is 1. The Morgan fingerprint density at radius 1 is 0.776 bits per heavy atom. The monoisotopic (exact) mass is 820 g/mol. The van der Waals surface area contributed by atoms with E-state index < -0.39 is 110 Å². The summed E-state index contributed by atoms with van der Waals surface area (Å²) in [5, 5.41) is 2.30. The largest absolute Gasteiger partial charge is 1.00 e. The Balaban J connectivity index is -0.00000529. The van der Waals surface area contributed by atoms with Crippen LogP contribution in [-0.4, -0.2) is 126 Å². The van der Waals surface area contributed by atoms with Crippen molar-refractivity contribution < 1.29 is 206 Å². The molecule has 1 aliphatic heterocycles. The minimum atomic E-state index is -5.99. The van der Waals surface area contributed by atoms with Crippen molar-refractivity contribution in [2.24, 2.45) is 0 Å². The van der Waals surface area contributed by atoms with Crippen LogP contribution in [0, 0.1) is 0 Å². The molecule has 1 aromatic rings. The van der Waals surface area contributed by atoms with E-state index in [9.17, 15) is 61.5 Å². The molecule has 49 heavy (non-hydrogen) atoms. The van der Waals surface area contributed by atoms with Crippen LogP contribution in [0.3, 0.4) is 0 Å². The summed E-state index contributed by atoms with van der Waals surface area (Å²) >= 11 is 0. The first kappa shape index (κ1) is 54.9. The van der Waals surface area contributed by atoms with E-state index in [1.807, 2.05) is 0 Å². The second kappa shape index (κ2) is 24.2. The van der Waals surface area contributed by atoms with E-state index in [0.29, 0.717) is 5.56 Å². The molecule has 0 unspecified atom stereocenters. The summed E-state index contributed by atoms with van der Waals surface area (Å²) in [7, 11) is -23.4. The van der Waals surface area contributed by atoms with Gasteiger partial charge in [-0.3, -0.25) is 26.3 Å². The maximum absolute atomic E-state index is 12.4. The molecule has 5 atom stereocenters. The standard InChI is InChI=1S/C19H28N2O20S4.4Na/c1-12(22)21(9-13-5-3-2-4-6-13)10-15(23)20-7-8-36-19-18(41-45(33,34)35)17(40-44(30,31)32)16(39-43(27,28)29)14(38-19)11-37-42(24,25)26;;;;/h2-6,14,16-19H,7-11H2,1H3,(H,20,23)(H,24,25,26)(H,27,28,29)(H,30,31,32)(H,33,34,35);;;;/q;4*+1/p-4/t14-,16-,17+,18+,19+;;;;/m1..../s1. The molecule has 0 spiro atoms. The van der Waals surface area contributed by atoms with Gasteiger partial charge in [-0.05, 0) is 5.56 Å². The molecule has 1 saturated heterocycles. The average molecular weight is 821 g/mol. The summed E-state index contributed by atoms with van der Waals surface area (Å²) in [6.45, 7) is -1.97. The van der Waals surface area contributed by atoms with Gasteiger partial charge in [0.15, 0.2) is 12.4 Å². The van der Waals surface area contributed by atoms with Gasteiger partial charge in [0.1, 0.15) is 18.3 Å². The molecule has 0 radical (unpaired) electrons. The van der Waals surface area contributed by atoms with E-state index in [0.717, 1.165) is 0 Å². The first-order valence-corrected chi connectivity index (χ1v) is 17.2.